The average molecular weight is 216 g/mol. The van der Waals surface area contributed by atoms with Gasteiger partial charge in [-0.05, 0) is 19.4 Å². The number of hydrogen-bond acceptors (Lipinski definition) is 3. The predicted molar refractivity (Wildman–Crippen MR) is 66.1 cm³/mol. The van der Waals surface area contributed by atoms with Crippen molar-refractivity contribution in [1.29, 1.82) is 0 Å². The SMILES string of the molecule is CNCC(CC(C)C)N1CCSCC1. The van der Waals surface area contributed by atoms with Crippen LogP contribution in [-0.4, -0.2) is 49.1 Å². The first-order valence-corrected chi connectivity index (χ1v) is 6.86. The molecule has 3 heteroatoms. The van der Waals surface area contributed by atoms with Gasteiger partial charge in [-0.2, -0.15) is 11.8 Å². The summed E-state index contributed by atoms with van der Waals surface area (Å²) in [6, 6.07) is 0.751. The van der Waals surface area contributed by atoms with Gasteiger partial charge < -0.3 is 5.32 Å². The Kier molecular flexibility index (Phi) is 5.90. The predicted octanol–water partition coefficient (Wildman–Crippen LogP) is 1.67. The minimum atomic E-state index is 0.751. The maximum absolute atomic E-state index is 3.32. The average Bonchev–Trinajstić information content (AvgIpc) is 2.18. The summed E-state index contributed by atoms with van der Waals surface area (Å²) >= 11 is 2.09. The molecule has 1 N–H and O–H groups in total. The van der Waals surface area contributed by atoms with E-state index in [1.165, 1.54) is 31.0 Å². The highest BCUT2D eigenvalue weighted by Gasteiger charge is 2.20. The molecule has 84 valence electrons. The highest BCUT2D eigenvalue weighted by atomic mass is 32.2. The third-order valence-electron chi connectivity index (χ3n) is 2.75. The van der Waals surface area contributed by atoms with E-state index >= 15 is 0 Å². The van der Waals surface area contributed by atoms with Gasteiger partial charge in [0.25, 0.3) is 0 Å². The zero-order valence-corrected chi connectivity index (χ0v) is 10.6. The number of likely N-dealkylation sites (N-methyl/N-ethyl adjacent to an activating group) is 1. The van der Waals surface area contributed by atoms with E-state index < -0.39 is 0 Å². The van der Waals surface area contributed by atoms with E-state index in [1.807, 2.05) is 0 Å². The lowest BCUT2D eigenvalue weighted by Crippen LogP contribution is -2.46. The first kappa shape index (κ1) is 12.3. The maximum atomic E-state index is 3.32. The van der Waals surface area contributed by atoms with Gasteiger partial charge in [-0.25, -0.2) is 0 Å². The molecule has 0 aromatic rings. The van der Waals surface area contributed by atoms with E-state index in [0.29, 0.717) is 0 Å². The molecule has 2 nitrogen and oxygen atoms in total. The van der Waals surface area contributed by atoms with Crippen molar-refractivity contribution in [2.24, 2.45) is 5.92 Å². The Labute approximate surface area is 92.8 Å². The van der Waals surface area contributed by atoms with Gasteiger partial charge in [-0.15, -0.1) is 0 Å². The molecular formula is C11H24N2S. The van der Waals surface area contributed by atoms with E-state index in [2.05, 4.69) is 42.9 Å². The topological polar surface area (TPSA) is 15.3 Å². The van der Waals surface area contributed by atoms with Crippen LogP contribution in [0.15, 0.2) is 0 Å². The van der Waals surface area contributed by atoms with Crippen LogP contribution in [-0.2, 0) is 0 Å². The van der Waals surface area contributed by atoms with Crippen LogP contribution in [0.1, 0.15) is 20.3 Å². The smallest absolute Gasteiger partial charge is 0.0223 e. The van der Waals surface area contributed by atoms with Crippen LogP contribution in [0.5, 0.6) is 0 Å². The molecule has 0 spiro atoms. The molecule has 1 aliphatic heterocycles. The highest BCUT2D eigenvalue weighted by molar-refractivity contribution is 7.99. The van der Waals surface area contributed by atoms with E-state index in [9.17, 15) is 0 Å². The molecule has 1 unspecified atom stereocenters. The monoisotopic (exact) mass is 216 g/mol. The summed E-state index contributed by atoms with van der Waals surface area (Å²) in [6.45, 7) is 8.35. The van der Waals surface area contributed by atoms with Crippen molar-refractivity contribution in [3.63, 3.8) is 0 Å². The number of nitrogens with zero attached hydrogens (tertiary/aromatic N) is 1. The van der Waals surface area contributed by atoms with Gasteiger partial charge in [-0.1, -0.05) is 13.8 Å². The summed E-state index contributed by atoms with van der Waals surface area (Å²) in [7, 11) is 2.06. The molecule has 1 saturated heterocycles. The van der Waals surface area contributed by atoms with Gasteiger partial charge in [0.1, 0.15) is 0 Å². The largest absolute Gasteiger partial charge is 0.318 e. The van der Waals surface area contributed by atoms with E-state index in [4.69, 9.17) is 0 Å². The molecule has 1 atom stereocenters. The number of rotatable bonds is 5. The maximum Gasteiger partial charge on any atom is 0.0223 e. The quantitative estimate of drug-likeness (QED) is 0.752. The van der Waals surface area contributed by atoms with Crippen molar-refractivity contribution in [3.8, 4) is 0 Å². The van der Waals surface area contributed by atoms with Gasteiger partial charge in [0.05, 0.1) is 0 Å². The Bertz CT molecular complexity index is 144. The fraction of sp³-hybridized carbons (Fsp3) is 1.00. The van der Waals surface area contributed by atoms with Gasteiger partial charge >= 0.3 is 0 Å². The number of nitrogens with one attached hydrogen (secondary N) is 1. The van der Waals surface area contributed by atoms with Crippen molar-refractivity contribution in [2.45, 2.75) is 26.3 Å². The van der Waals surface area contributed by atoms with Crippen LogP contribution < -0.4 is 5.32 Å². The van der Waals surface area contributed by atoms with Crippen molar-refractivity contribution in [2.75, 3.05) is 38.2 Å². The Morgan fingerprint density at radius 2 is 1.93 bits per heavy atom. The molecule has 1 heterocycles. The molecule has 0 bridgehead atoms. The van der Waals surface area contributed by atoms with Crippen LogP contribution in [0.3, 0.4) is 0 Å². The minimum Gasteiger partial charge on any atom is -0.318 e. The van der Waals surface area contributed by atoms with Crippen LogP contribution in [0, 0.1) is 5.92 Å². The lowest BCUT2D eigenvalue weighted by atomic mass is 10.0. The van der Waals surface area contributed by atoms with Crippen molar-refractivity contribution in [1.82, 2.24) is 10.2 Å². The summed E-state index contributed by atoms with van der Waals surface area (Å²) in [5, 5.41) is 3.32. The molecule has 1 rings (SSSR count). The fourth-order valence-corrected chi connectivity index (χ4v) is 3.02. The van der Waals surface area contributed by atoms with Gasteiger partial charge in [0.2, 0.25) is 0 Å². The lowest BCUT2D eigenvalue weighted by molar-refractivity contribution is 0.188. The van der Waals surface area contributed by atoms with Crippen LogP contribution in [0.25, 0.3) is 0 Å². The molecule has 1 aliphatic rings. The van der Waals surface area contributed by atoms with Gasteiger partial charge in [-0.3, -0.25) is 4.90 Å². The second-order valence-corrected chi connectivity index (χ2v) is 5.71. The Morgan fingerprint density at radius 3 is 2.43 bits per heavy atom. The lowest BCUT2D eigenvalue weighted by Gasteiger charge is -2.35. The standard InChI is InChI=1S/C11H24N2S/c1-10(2)8-11(9-12-3)13-4-6-14-7-5-13/h10-12H,4-9H2,1-3H3. The van der Waals surface area contributed by atoms with Crippen molar-refractivity contribution >= 4 is 11.8 Å². The van der Waals surface area contributed by atoms with Crippen LogP contribution in [0.2, 0.25) is 0 Å². The molecule has 0 aromatic carbocycles. The second kappa shape index (κ2) is 6.70. The summed E-state index contributed by atoms with van der Waals surface area (Å²) in [4.78, 5) is 2.66. The zero-order chi connectivity index (χ0) is 10.4. The molecule has 0 aliphatic carbocycles. The molecule has 14 heavy (non-hydrogen) atoms. The molecular weight excluding hydrogens is 192 g/mol. The van der Waals surface area contributed by atoms with Crippen molar-refractivity contribution in [3.05, 3.63) is 0 Å². The van der Waals surface area contributed by atoms with Crippen LogP contribution >= 0.6 is 11.8 Å². The second-order valence-electron chi connectivity index (χ2n) is 4.49. The Hall–Kier alpha value is 0.270. The number of hydrogen-bond donors (Lipinski definition) is 1. The van der Waals surface area contributed by atoms with Gasteiger partial charge in [0.15, 0.2) is 0 Å². The van der Waals surface area contributed by atoms with Crippen molar-refractivity contribution < 1.29 is 0 Å². The molecule has 0 radical (unpaired) electrons. The first-order chi connectivity index (χ1) is 6.74. The number of thioether (sulfide) groups is 1. The molecule has 0 saturated carbocycles. The summed E-state index contributed by atoms with van der Waals surface area (Å²) < 4.78 is 0. The van der Waals surface area contributed by atoms with Crippen LogP contribution in [0.4, 0.5) is 0 Å². The van der Waals surface area contributed by atoms with E-state index in [1.54, 1.807) is 0 Å². The zero-order valence-electron chi connectivity index (χ0n) is 9.75. The third kappa shape index (κ3) is 4.20. The third-order valence-corrected chi connectivity index (χ3v) is 3.69. The highest BCUT2D eigenvalue weighted by Crippen LogP contribution is 2.16. The summed E-state index contributed by atoms with van der Waals surface area (Å²) in [5.41, 5.74) is 0. The Morgan fingerprint density at radius 1 is 1.29 bits per heavy atom. The normalized spacial score (nSPS) is 21.4. The first-order valence-electron chi connectivity index (χ1n) is 5.70. The molecule has 0 aromatic heterocycles. The Balaban J connectivity index is 2.38. The van der Waals surface area contributed by atoms with E-state index in [0.717, 1.165) is 18.5 Å². The fourth-order valence-electron chi connectivity index (χ4n) is 2.08. The van der Waals surface area contributed by atoms with Gasteiger partial charge in [0, 0.05) is 37.2 Å². The molecule has 1 fully saturated rings. The molecule has 0 amide bonds. The summed E-state index contributed by atoms with van der Waals surface area (Å²) in [6.07, 6.45) is 1.32. The minimum absolute atomic E-state index is 0.751. The van der Waals surface area contributed by atoms with E-state index in [-0.39, 0.29) is 0 Å². The summed E-state index contributed by atoms with van der Waals surface area (Å²) in [5.74, 6) is 3.44.